The van der Waals surface area contributed by atoms with Crippen LogP contribution in [-0.4, -0.2) is 38.9 Å². The molecule has 1 atom stereocenters. The molecule has 0 aliphatic rings. The molecular weight excluding hydrogens is 200 g/mol. The summed E-state index contributed by atoms with van der Waals surface area (Å²) in [5.41, 5.74) is 0. The van der Waals surface area contributed by atoms with Crippen molar-refractivity contribution in [1.29, 1.82) is 0 Å². The molecule has 0 aromatic heterocycles. The Kier molecular flexibility index (Phi) is 6.00. The maximum Gasteiger partial charge on any atom is 0.317 e. The molecule has 6 heteroatoms. The van der Waals surface area contributed by atoms with E-state index in [1.165, 1.54) is 0 Å². The van der Waals surface area contributed by atoms with E-state index < -0.39 is 17.2 Å². The molecule has 0 aromatic rings. The van der Waals surface area contributed by atoms with Crippen molar-refractivity contribution in [2.45, 2.75) is 11.7 Å². The van der Waals surface area contributed by atoms with E-state index in [4.69, 9.17) is 10.2 Å². The lowest BCUT2D eigenvalue weighted by molar-refractivity contribution is -0.142. The average molecular weight is 210 g/mol. The van der Waals surface area contributed by atoms with Crippen LogP contribution in [0.2, 0.25) is 0 Å². The summed E-state index contributed by atoms with van der Waals surface area (Å²) >= 11 is 4.99. The van der Waals surface area contributed by atoms with E-state index in [0.29, 0.717) is 11.5 Å². The van der Waals surface area contributed by atoms with Crippen LogP contribution in [0.4, 0.5) is 0 Å². The molecule has 0 bridgehead atoms. The highest BCUT2D eigenvalue weighted by Crippen LogP contribution is 2.14. The summed E-state index contributed by atoms with van der Waals surface area (Å²) in [5.74, 6) is -1.07. The van der Waals surface area contributed by atoms with Gasteiger partial charge in [-0.1, -0.05) is 0 Å². The van der Waals surface area contributed by atoms with Gasteiger partial charge in [-0.15, -0.1) is 11.8 Å². The van der Waals surface area contributed by atoms with Gasteiger partial charge in [0.2, 0.25) is 0 Å². The lowest BCUT2D eigenvalue weighted by atomic mass is 10.3. The minimum atomic E-state index is -1.09. The lowest BCUT2D eigenvalue weighted by Gasteiger charge is -2.07. The van der Waals surface area contributed by atoms with E-state index in [1.807, 2.05) is 0 Å². The van der Waals surface area contributed by atoms with Gasteiger partial charge in [0.15, 0.2) is 0 Å². The van der Waals surface area contributed by atoms with Crippen LogP contribution in [0, 0.1) is 0 Å². The minimum absolute atomic E-state index is 0.340. The van der Waals surface area contributed by atoms with Gasteiger partial charge in [-0.2, -0.15) is 12.6 Å². The number of thioether (sulfide) groups is 1. The van der Waals surface area contributed by atoms with E-state index >= 15 is 0 Å². The monoisotopic (exact) mass is 210 g/mol. The SMILES string of the molecule is O=C(O)CC(SCCS)C(=O)O. The minimum Gasteiger partial charge on any atom is -0.481 e. The van der Waals surface area contributed by atoms with Gasteiger partial charge in [-0.05, 0) is 5.75 Å². The fraction of sp³-hybridized carbons (Fsp3) is 0.667. The lowest BCUT2D eigenvalue weighted by Crippen LogP contribution is -2.20. The number of hydrogen-bond donors (Lipinski definition) is 3. The zero-order valence-electron chi connectivity index (χ0n) is 6.27. The average Bonchev–Trinajstić information content (AvgIpc) is 1.96. The van der Waals surface area contributed by atoms with E-state index in [1.54, 1.807) is 0 Å². The highest BCUT2D eigenvalue weighted by Gasteiger charge is 2.20. The smallest absolute Gasteiger partial charge is 0.317 e. The fourth-order valence-electron chi connectivity index (χ4n) is 0.571. The second-order valence-corrected chi connectivity index (χ2v) is 3.78. The highest BCUT2D eigenvalue weighted by molar-refractivity contribution is 8.01. The number of carboxylic acid groups (broad SMARTS) is 2. The van der Waals surface area contributed by atoms with Crippen molar-refractivity contribution in [3.63, 3.8) is 0 Å². The first-order chi connectivity index (χ1) is 5.57. The third kappa shape index (κ3) is 5.31. The maximum atomic E-state index is 10.4. The molecule has 0 spiro atoms. The van der Waals surface area contributed by atoms with Gasteiger partial charge in [0.25, 0.3) is 0 Å². The summed E-state index contributed by atoms with van der Waals surface area (Å²) in [4.78, 5) is 20.6. The van der Waals surface area contributed by atoms with E-state index in [0.717, 1.165) is 11.8 Å². The van der Waals surface area contributed by atoms with Gasteiger partial charge >= 0.3 is 11.9 Å². The van der Waals surface area contributed by atoms with Crippen molar-refractivity contribution in [2.24, 2.45) is 0 Å². The Balaban J connectivity index is 3.87. The van der Waals surface area contributed by atoms with Crippen LogP contribution in [0.1, 0.15) is 6.42 Å². The summed E-state index contributed by atoms with van der Waals surface area (Å²) in [7, 11) is 0. The Bertz CT molecular complexity index is 171. The number of carbonyl (C=O) groups is 2. The second-order valence-electron chi connectivity index (χ2n) is 2.02. The molecule has 4 nitrogen and oxygen atoms in total. The van der Waals surface area contributed by atoms with Crippen LogP contribution < -0.4 is 0 Å². The van der Waals surface area contributed by atoms with Crippen LogP contribution in [0.25, 0.3) is 0 Å². The summed E-state index contributed by atoms with van der Waals surface area (Å²) in [6, 6.07) is 0. The third-order valence-corrected chi connectivity index (χ3v) is 2.78. The molecule has 0 aliphatic heterocycles. The van der Waals surface area contributed by atoms with Crippen LogP contribution >= 0.6 is 24.4 Å². The van der Waals surface area contributed by atoms with Crippen molar-refractivity contribution in [3.05, 3.63) is 0 Å². The standard InChI is InChI=1S/C6H10O4S2/c7-5(8)3-4(6(9)10)12-2-1-11/h4,11H,1-3H2,(H,7,8)(H,9,10). The molecule has 0 radical (unpaired) electrons. The topological polar surface area (TPSA) is 74.6 Å². The first-order valence-corrected chi connectivity index (χ1v) is 4.93. The normalized spacial score (nSPS) is 12.4. The molecule has 0 aromatic carbocycles. The maximum absolute atomic E-state index is 10.4. The molecule has 70 valence electrons. The summed E-state index contributed by atoms with van der Waals surface area (Å²) in [6.45, 7) is 0. The quantitative estimate of drug-likeness (QED) is 0.559. The van der Waals surface area contributed by atoms with E-state index in [2.05, 4.69) is 12.6 Å². The van der Waals surface area contributed by atoms with Crippen molar-refractivity contribution >= 4 is 36.3 Å². The van der Waals surface area contributed by atoms with Crippen LogP contribution in [0.15, 0.2) is 0 Å². The molecule has 12 heavy (non-hydrogen) atoms. The first kappa shape index (κ1) is 11.6. The summed E-state index contributed by atoms with van der Waals surface area (Å²) in [6.07, 6.45) is -0.340. The van der Waals surface area contributed by atoms with Gasteiger partial charge in [0.1, 0.15) is 5.25 Å². The second kappa shape index (κ2) is 6.19. The summed E-state index contributed by atoms with van der Waals surface area (Å²) in [5, 5.41) is 16.0. The molecule has 1 unspecified atom stereocenters. The molecule has 0 aliphatic carbocycles. The van der Waals surface area contributed by atoms with Crippen LogP contribution in [0.3, 0.4) is 0 Å². The van der Waals surface area contributed by atoms with Gasteiger partial charge in [0.05, 0.1) is 6.42 Å². The molecular formula is C6H10O4S2. The molecule has 0 amide bonds. The van der Waals surface area contributed by atoms with Crippen molar-refractivity contribution in [2.75, 3.05) is 11.5 Å². The molecule has 0 saturated carbocycles. The first-order valence-electron chi connectivity index (χ1n) is 3.25. The van der Waals surface area contributed by atoms with E-state index in [9.17, 15) is 9.59 Å². The number of thiol groups is 1. The number of hydrogen-bond acceptors (Lipinski definition) is 4. The highest BCUT2D eigenvalue weighted by atomic mass is 32.2. The van der Waals surface area contributed by atoms with Crippen molar-refractivity contribution in [1.82, 2.24) is 0 Å². The number of aliphatic carboxylic acids is 2. The zero-order chi connectivity index (χ0) is 9.56. The Morgan fingerprint density at radius 3 is 2.33 bits per heavy atom. The molecule has 0 fully saturated rings. The predicted octanol–water partition coefficient (Wildman–Crippen LogP) is 0.577. The Morgan fingerprint density at radius 1 is 1.42 bits per heavy atom. The molecule has 2 N–H and O–H groups in total. The summed E-state index contributed by atoms with van der Waals surface area (Å²) < 4.78 is 0. The van der Waals surface area contributed by atoms with Gasteiger partial charge < -0.3 is 10.2 Å². The third-order valence-electron chi connectivity index (χ3n) is 1.05. The fourth-order valence-corrected chi connectivity index (χ4v) is 1.68. The Morgan fingerprint density at radius 2 is 2.00 bits per heavy atom. The number of rotatable bonds is 6. The molecule has 0 heterocycles. The van der Waals surface area contributed by atoms with Gasteiger partial charge in [-0.25, -0.2) is 0 Å². The largest absolute Gasteiger partial charge is 0.481 e. The number of carboxylic acids is 2. The molecule has 0 rings (SSSR count). The Hall–Kier alpha value is -0.360. The van der Waals surface area contributed by atoms with Crippen molar-refractivity contribution < 1.29 is 19.8 Å². The van der Waals surface area contributed by atoms with Crippen LogP contribution in [0.5, 0.6) is 0 Å². The van der Waals surface area contributed by atoms with Crippen LogP contribution in [-0.2, 0) is 9.59 Å². The predicted molar refractivity (Wildman–Crippen MR) is 50.0 cm³/mol. The van der Waals surface area contributed by atoms with E-state index in [-0.39, 0.29) is 6.42 Å². The van der Waals surface area contributed by atoms with Gasteiger partial charge in [0, 0.05) is 5.75 Å². The zero-order valence-corrected chi connectivity index (χ0v) is 7.98. The van der Waals surface area contributed by atoms with Crippen molar-refractivity contribution in [3.8, 4) is 0 Å². The van der Waals surface area contributed by atoms with Gasteiger partial charge in [-0.3, -0.25) is 9.59 Å². The Labute approximate surface area is 79.8 Å². The molecule has 0 saturated heterocycles.